The summed E-state index contributed by atoms with van der Waals surface area (Å²) in [5, 5.41) is 7.82. The summed E-state index contributed by atoms with van der Waals surface area (Å²) in [6.45, 7) is 2.73. The van der Waals surface area contributed by atoms with Gasteiger partial charge in [-0.05, 0) is 78.3 Å². The molecule has 10 heteroatoms. The number of hydrogen-bond acceptors (Lipinski definition) is 4. The Morgan fingerprint density at radius 2 is 1.94 bits per heavy atom. The number of benzene rings is 2. The average Bonchev–Trinajstić information content (AvgIpc) is 3.54. The first-order valence-electron chi connectivity index (χ1n) is 11.1. The van der Waals surface area contributed by atoms with Gasteiger partial charge in [-0.1, -0.05) is 6.07 Å². The first-order valence-corrected chi connectivity index (χ1v) is 11.9. The van der Waals surface area contributed by atoms with Crippen LogP contribution in [-0.2, 0) is 19.8 Å². The van der Waals surface area contributed by atoms with E-state index in [-0.39, 0.29) is 5.56 Å². The number of furan rings is 1. The van der Waals surface area contributed by atoms with Gasteiger partial charge in [-0.3, -0.25) is 14.4 Å². The van der Waals surface area contributed by atoms with Crippen molar-refractivity contribution >= 4 is 38.5 Å². The predicted octanol–water partition coefficient (Wildman–Crippen LogP) is 6.46. The summed E-state index contributed by atoms with van der Waals surface area (Å²) >= 11 is 3.53. The number of nitrogens with zero attached hydrogens (tertiary/aromatic N) is 3. The lowest BCUT2D eigenvalue weighted by atomic mass is 10.1. The standard InChI is InChI=1S/C25H22BrF3N4O2/c1-32-22(21(26)13-30-32)20-12-18(31-24(34)15-5-4-6-17(9-15)25(27,28)29)10-16-11-19(35-23(16)20)14-33-7-2-3-8-33/h4-6,9-13H,2-3,7-8,14H2,1H3,(H,31,34). The number of anilines is 1. The molecule has 5 rings (SSSR count). The van der Waals surface area contributed by atoms with Crippen LogP contribution in [0.15, 0.2) is 57.6 Å². The first kappa shape index (κ1) is 23.6. The minimum atomic E-state index is -4.53. The number of aromatic nitrogens is 2. The molecule has 1 aliphatic rings. The molecule has 182 valence electrons. The Bertz CT molecular complexity index is 1380. The molecule has 0 aliphatic carbocycles. The summed E-state index contributed by atoms with van der Waals surface area (Å²) in [5.74, 6) is 0.175. The van der Waals surface area contributed by atoms with Crippen molar-refractivity contribution in [3.8, 4) is 11.3 Å². The van der Waals surface area contributed by atoms with Crippen molar-refractivity contribution in [1.82, 2.24) is 14.7 Å². The normalized spacial score (nSPS) is 14.7. The van der Waals surface area contributed by atoms with Crippen LogP contribution in [0, 0.1) is 0 Å². The third-order valence-electron chi connectivity index (χ3n) is 6.10. The van der Waals surface area contributed by atoms with Gasteiger partial charge in [0.15, 0.2) is 0 Å². The summed E-state index contributed by atoms with van der Waals surface area (Å²) in [7, 11) is 1.80. The molecule has 6 nitrogen and oxygen atoms in total. The van der Waals surface area contributed by atoms with Crippen molar-refractivity contribution in [2.75, 3.05) is 18.4 Å². The molecule has 4 aromatic rings. The summed E-state index contributed by atoms with van der Waals surface area (Å²) < 4.78 is 48.0. The maximum absolute atomic E-state index is 13.1. The van der Waals surface area contributed by atoms with E-state index in [1.165, 1.54) is 25.0 Å². The number of carbonyl (C=O) groups is 1. The smallest absolute Gasteiger partial charge is 0.416 e. The Morgan fingerprint density at radius 1 is 1.17 bits per heavy atom. The fourth-order valence-electron chi connectivity index (χ4n) is 4.45. The highest BCUT2D eigenvalue weighted by molar-refractivity contribution is 9.10. The highest BCUT2D eigenvalue weighted by Crippen LogP contribution is 2.38. The van der Waals surface area contributed by atoms with Gasteiger partial charge in [-0.2, -0.15) is 18.3 Å². The molecular formula is C25H22BrF3N4O2. The molecule has 0 saturated carbocycles. The molecule has 1 amide bonds. The van der Waals surface area contributed by atoms with Crippen molar-refractivity contribution in [3.63, 3.8) is 0 Å². The number of fused-ring (bicyclic) bond motifs is 1. The van der Waals surface area contributed by atoms with Crippen LogP contribution in [0.25, 0.3) is 22.2 Å². The van der Waals surface area contributed by atoms with Crippen LogP contribution in [0.4, 0.5) is 18.9 Å². The topological polar surface area (TPSA) is 63.3 Å². The van der Waals surface area contributed by atoms with Crippen molar-refractivity contribution in [2.24, 2.45) is 7.05 Å². The lowest BCUT2D eigenvalue weighted by Gasteiger charge is -2.12. The molecule has 2 aromatic heterocycles. The van der Waals surface area contributed by atoms with Gasteiger partial charge in [0.1, 0.15) is 11.3 Å². The van der Waals surface area contributed by atoms with Crippen LogP contribution in [0.5, 0.6) is 0 Å². The molecule has 2 aromatic carbocycles. The number of halogens is 4. The number of rotatable bonds is 5. The van der Waals surface area contributed by atoms with E-state index >= 15 is 0 Å². The maximum Gasteiger partial charge on any atom is 0.416 e. The van der Waals surface area contributed by atoms with E-state index < -0.39 is 17.6 Å². The summed E-state index contributed by atoms with van der Waals surface area (Å²) in [5.41, 5.74) is 1.61. The minimum Gasteiger partial charge on any atom is -0.459 e. The highest BCUT2D eigenvalue weighted by atomic mass is 79.9. The molecule has 0 unspecified atom stereocenters. The zero-order valence-corrected chi connectivity index (χ0v) is 20.4. The van der Waals surface area contributed by atoms with Gasteiger partial charge >= 0.3 is 6.18 Å². The number of likely N-dealkylation sites (tertiary alicyclic amines) is 1. The molecular weight excluding hydrogens is 525 g/mol. The second-order valence-corrected chi connectivity index (χ2v) is 9.49. The van der Waals surface area contributed by atoms with Gasteiger partial charge in [-0.25, -0.2) is 0 Å². The van der Waals surface area contributed by atoms with Crippen LogP contribution in [-0.4, -0.2) is 33.7 Å². The Morgan fingerprint density at radius 3 is 2.63 bits per heavy atom. The summed E-state index contributed by atoms with van der Waals surface area (Å²) in [6.07, 6.45) is -0.530. The molecule has 35 heavy (non-hydrogen) atoms. The van der Waals surface area contributed by atoms with Gasteiger partial charge in [0.05, 0.1) is 28.5 Å². The van der Waals surface area contributed by atoms with Gasteiger partial charge in [0.2, 0.25) is 0 Å². The van der Waals surface area contributed by atoms with Crippen LogP contribution in [0.3, 0.4) is 0 Å². The summed E-state index contributed by atoms with van der Waals surface area (Å²) in [4.78, 5) is 15.2. The quantitative estimate of drug-likeness (QED) is 0.312. The van der Waals surface area contributed by atoms with Crippen LogP contribution < -0.4 is 5.32 Å². The van der Waals surface area contributed by atoms with Gasteiger partial charge in [-0.15, -0.1) is 0 Å². The van der Waals surface area contributed by atoms with Crippen LogP contribution >= 0.6 is 15.9 Å². The Labute approximate surface area is 207 Å². The second kappa shape index (κ2) is 9.16. The molecule has 1 saturated heterocycles. The SMILES string of the molecule is Cn1ncc(Br)c1-c1cc(NC(=O)c2cccc(C(F)(F)F)c2)cc2cc(CN3CCCC3)oc12. The third-order valence-corrected chi connectivity index (χ3v) is 6.68. The van der Waals surface area contributed by atoms with E-state index in [9.17, 15) is 18.0 Å². The zero-order valence-electron chi connectivity index (χ0n) is 18.8. The van der Waals surface area contributed by atoms with Crippen molar-refractivity contribution in [3.05, 3.63) is 70.0 Å². The van der Waals surface area contributed by atoms with E-state index in [4.69, 9.17) is 4.42 Å². The van der Waals surface area contributed by atoms with Crippen molar-refractivity contribution in [1.29, 1.82) is 0 Å². The molecule has 1 fully saturated rings. The Balaban J connectivity index is 1.53. The van der Waals surface area contributed by atoms with E-state index in [2.05, 4.69) is 31.2 Å². The summed E-state index contributed by atoms with van der Waals surface area (Å²) in [6, 6.07) is 9.83. The molecule has 1 aliphatic heterocycles. The maximum atomic E-state index is 13.1. The second-order valence-electron chi connectivity index (χ2n) is 8.64. The fraction of sp³-hybridized carbons (Fsp3) is 0.280. The molecule has 0 radical (unpaired) electrons. The molecule has 1 N–H and O–H groups in total. The van der Waals surface area contributed by atoms with Crippen molar-refractivity contribution in [2.45, 2.75) is 25.6 Å². The van der Waals surface area contributed by atoms with Crippen LogP contribution in [0.1, 0.15) is 34.5 Å². The minimum absolute atomic E-state index is 0.0786. The predicted molar refractivity (Wildman–Crippen MR) is 130 cm³/mol. The van der Waals surface area contributed by atoms with E-state index in [1.807, 2.05) is 6.07 Å². The molecule has 0 spiro atoms. The number of hydrogen-bond donors (Lipinski definition) is 1. The first-order chi connectivity index (χ1) is 16.7. The fourth-order valence-corrected chi connectivity index (χ4v) is 5.01. The monoisotopic (exact) mass is 546 g/mol. The molecule has 0 atom stereocenters. The molecule has 3 heterocycles. The zero-order chi connectivity index (χ0) is 24.7. The van der Waals surface area contributed by atoms with E-state index in [0.717, 1.165) is 46.5 Å². The van der Waals surface area contributed by atoms with E-state index in [1.54, 1.807) is 30.1 Å². The number of amides is 1. The largest absolute Gasteiger partial charge is 0.459 e. The lowest BCUT2D eigenvalue weighted by Crippen LogP contribution is -2.17. The third kappa shape index (κ3) is 4.85. The van der Waals surface area contributed by atoms with Gasteiger partial charge < -0.3 is 9.73 Å². The van der Waals surface area contributed by atoms with Crippen LogP contribution in [0.2, 0.25) is 0 Å². The van der Waals surface area contributed by atoms with Gasteiger partial charge in [0.25, 0.3) is 5.91 Å². The highest BCUT2D eigenvalue weighted by Gasteiger charge is 2.31. The molecule has 0 bridgehead atoms. The van der Waals surface area contributed by atoms with Gasteiger partial charge in [0, 0.05) is 29.2 Å². The Hall–Kier alpha value is -3.11. The van der Waals surface area contributed by atoms with E-state index in [0.29, 0.717) is 23.4 Å². The number of carbonyl (C=O) groups excluding carboxylic acids is 1. The lowest BCUT2D eigenvalue weighted by molar-refractivity contribution is -0.137. The number of aryl methyl sites for hydroxylation is 1. The van der Waals surface area contributed by atoms with Crippen molar-refractivity contribution < 1.29 is 22.4 Å². The average molecular weight is 547 g/mol. The number of alkyl halides is 3. The number of nitrogens with one attached hydrogen (secondary N) is 1. The Kier molecular flexibility index (Phi) is 6.18.